The Morgan fingerprint density at radius 3 is 2.69 bits per heavy atom. The minimum absolute atomic E-state index is 0.159. The van der Waals surface area contributed by atoms with Crippen molar-refractivity contribution in [3.8, 4) is 5.75 Å². The lowest BCUT2D eigenvalue weighted by Gasteiger charge is -2.38. The molecule has 1 aliphatic rings. The van der Waals surface area contributed by atoms with E-state index in [-0.39, 0.29) is 11.3 Å². The third kappa shape index (κ3) is 5.41. The third-order valence-corrected chi connectivity index (χ3v) is 6.31. The predicted molar refractivity (Wildman–Crippen MR) is 126 cm³/mol. The molecule has 0 atom stereocenters. The molecule has 0 radical (unpaired) electrons. The van der Waals surface area contributed by atoms with Crippen molar-refractivity contribution < 1.29 is 14.3 Å². The van der Waals surface area contributed by atoms with Gasteiger partial charge in [0.15, 0.2) is 0 Å². The van der Waals surface area contributed by atoms with Crippen LogP contribution in [0.3, 0.4) is 0 Å². The highest BCUT2D eigenvalue weighted by Crippen LogP contribution is 2.39. The van der Waals surface area contributed by atoms with Gasteiger partial charge in [-0.25, -0.2) is 0 Å². The highest BCUT2D eigenvalue weighted by molar-refractivity contribution is 6.35. The number of nitrogens with one attached hydrogen (secondary N) is 1. The van der Waals surface area contributed by atoms with E-state index in [9.17, 15) is 4.79 Å². The summed E-state index contributed by atoms with van der Waals surface area (Å²) >= 11 is 12.6. The Kier molecular flexibility index (Phi) is 7.30. The summed E-state index contributed by atoms with van der Waals surface area (Å²) in [7, 11) is 0. The summed E-state index contributed by atoms with van der Waals surface area (Å²) in [5.41, 5.74) is 2.19. The fourth-order valence-electron chi connectivity index (χ4n) is 3.95. The Morgan fingerprint density at radius 2 is 1.94 bits per heavy atom. The molecule has 3 aromatic rings. The topological polar surface area (TPSA) is 60.5 Å². The van der Waals surface area contributed by atoms with Crippen LogP contribution in [0.1, 0.15) is 34.3 Å². The number of ether oxygens (including phenoxy) is 2. The second kappa shape index (κ2) is 10.3. The Morgan fingerprint density at radius 1 is 1.09 bits per heavy atom. The summed E-state index contributed by atoms with van der Waals surface area (Å²) < 4.78 is 11.4. The minimum atomic E-state index is -0.302. The standard InChI is InChI=1S/C25H24Cl2N2O3/c26-20-6-7-22(23(27)14-20)25(8-11-31-12-9-25)17-29-24(30)19-4-1-5-21(13-19)32-16-18-3-2-10-28-15-18/h1-7,10,13-15H,8-9,11-12,16-17H2,(H,29,30). The van der Waals surface area contributed by atoms with Crippen molar-refractivity contribution in [1.82, 2.24) is 10.3 Å². The lowest BCUT2D eigenvalue weighted by atomic mass is 9.74. The number of carbonyl (C=O) groups excluding carboxylic acids is 1. The monoisotopic (exact) mass is 470 g/mol. The Bertz CT molecular complexity index is 1070. The molecule has 1 amide bonds. The number of nitrogens with zero attached hydrogens (tertiary/aromatic N) is 1. The molecule has 0 bridgehead atoms. The van der Waals surface area contributed by atoms with E-state index in [0.29, 0.717) is 47.7 Å². The van der Waals surface area contributed by atoms with Crippen LogP contribution >= 0.6 is 23.2 Å². The second-order valence-corrected chi connectivity index (χ2v) is 8.72. The van der Waals surface area contributed by atoms with E-state index in [4.69, 9.17) is 32.7 Å². The summed E-state index contributed by atoms with van der Waals surface area (Å²) in [6.07, 6.45) is 5.01. The summed E-state index contributed by atoms with van der Waals surface area (Å²) in [4.78, 5) is 17.0. The maximum atomic E-state index is 13.0. The summed E-state index contributed by atoms with van der Waals surface area (Å²) in [6, 6.07) is 16.5. The molecular weight excluding hydrogens is 447 g/mol. The predicted octanol–water partition coefficient (Wildman–Crippen LogP) is 5.45. The van der Waals surface area contributed by atoms with Gasteiger partial charge in [-0.15, -0.1) is 0 Å². The van der Waals surface area contributed by atoms with Crippen molar-refractivity contribution in [2.75, 3.05) is 19.8 Å². The quantitative estimate of drug-likeness (QED) is 0.498. The lowest BCUT2D eigenvalue weighted by molar-refractivity contribution is 0.0487. The summed E-state index contributed by atoms with van der Waals surface area (Å²) in [6.45, 7) is 2.08. The summed E-state index contributed by atoms with van der Waals surface area (Å²) in [5.74, 6) is 0.468. The average Bonchev–Trinajstić information content (AvgIpc) is 2.82. The molecule has 1 fully saturated rings. The van der Waals surface area contributed by atoms with Crippen molar-refractivity contribution in [3.63, 3.8) is 0 Å². The molecule has 32 heavy (non-hydrogen) atoms. The number of benzene rings is 2. The number of amides is 1. The van der Waals surface area contributed by atoms with Crippen molar-refractivity contribution >= 4 is 29.1 Å². The number of carbonyl (C=O) groups is 1. The molecule has 1 saturated heterocycles. The fourth-order valence-corrected chi connectivity index (χ4v) is 4.56. The largest absolute Gasteiger partial charge is 0.489 e. The van der Waals surface area contributed by atoms with Gasteiger partial charge >= 0.3 is 0 Å². The van der Waals surface area contributed by atoms with E-state index in [1.165, 1.54) is 0 Å². The van der Waals surface area contributed by atoms with Gasteiger partial charge in [0.1, 0.15) is 12.4 Å². The van der Waals surface area contributed by atoms with Crippen LogP contribution in [0.4, 0.5) is 0 Å². The Labute approximate surface area is 197 Å². The van der Waals surface area contributed by atoms with Crippen molar-refractivity contribution in [1.29, 1.82) is 0 Å². The maximum Gasteiger partial charge on any atom is 0.251 e. The molecule has 1 aliphatic heterocycles. The van der Waals surface area contributed by atoms with Crippen molar-refractivity contribution in [3.05, 3.63) is 93.7 Å². The molecule has 7 heteroatoms. The van der Waals surface area contributed by atoms with Crippen LogP contribution in [-0.4, -0.2) is 30.6 Å². The molecule has 0 aliphatic carbocycles. The number of halogens is 2. The van der Waals surface area contributed by atoms with E-state index >= 15 is 0 Å². The average molecular weight is 471 g/mol. The van der Waals surface area contributed by atoms with Gasteiger partial charge in [-0.05, 0) is 54.8 Å². The number of rotatable bonds is 7. The highest BCUT2D eigenvalue weighted by atomic mass is 35.5. The molecule has 1 N–H and O–H groups in total. The molecule has 1 aromatic heterocycles. The van der Waals surface area contributed by atoms with Gasteiger partial charge in [-0.1, -0.05) is 41.4 Å². The molecule has 0 saturated carbocycles. The molecule has 0 spiro atoms. The van der Waals surface area contributed by atoms with Gasteiger partial charge in [0, 0.05) is 58.7 Å². The van der Waals surface area contributed by atoms with E-state index in [1.54, 1.807) is 30.6 Å². The van der Waals surface area contributed by atoms with Crippen LogP contribution in [0, 0.1) is 0 Å². The van der Waals surface area contributed by atoms with E-state index in [0.717, 1.165) is 24.0 Å². The van der Waals surface area contributed by atoms with Crippen LogP contribution in [-0.2, 0) is 16.8 Å². The van der Waals surface area contributed by atoms with Gasteiger partial charge in [0.05, 0.1) is 0 Å². The molecule has 2 aromatic carbocycles. The van der Waals surface area contributed by atoms with Crippen LogP contribution < -0.4 is 10.1 Å². The van der Waals surface area contributed by atoms with Gasteiger partial charge < -0.3 is 14.8 Å². The van der Waals surface area contributed by atoms with Gasteiger partial charge in [0.2, 0.25) is 0 Å². The highest BCUT2D eigenvalue weighted by Gasteiger charge is 2.36. The zero-order valence-corrected chi connectivity index (χ0v) is 19.0. The lowest BCUT2D eigenvalue weighted by Crippen LogP contribution is -2.44. The zero-order valence-electron chi connectivity index (χ0n) is 17.5. The number of aromatic nitrogens is 1. The van der Waals surface area contributed by atoms with Crippen LogP contribution in [0.5, 0.6) is 5.75 Å². The normalized spacial score (nSPS) is 15.2. The smallest absolute Gasteiger partial charge is 0.251 e. The van der Waals surface area contributed by atoms with Crippen LogP contribution in [0.25, 0.3) is 0 Å². The third-order valence-electron chi connectivity index (χ3n) is 5.76. The first-order chi connectivity index (χ1) is 15.6. The van der Waals surface area contributed by atoms with Gasteiger partial charge in [-0.3, -0.25) is 9.78 Å². The SMILES string of the molecule is O=C(NCC1(c2ccc(Cl)cc2Cl)CCOCC1)c1cccc(OCc2cccnc2)c1. The molecule has 2 heterocycles. The number of hydrogen-bond donors (Lipinski definition) is 1. The van der Waals surface area contributed by atoms with Crippen LogP contribution in [0.15, 0.2) is 67.0 Å². The van der Waals surface area contributed by atoms with Crippen LogP contribution in [0.2, 0.25) is 10.0 Å². The fraction of sp³-hybridized carbons (Fsp3) is 0.280. The molecule has 4 rings (SSSR count). The van der Waals surface area contributed by atoms with E-state index in [1.807, 2.05) is 36.4 Å². The summed E-state index contributed by atoms with van der Waals surface area (Å²) in [5, 5.41) is 4.30. The maximum absolute atomic E-state index is 13.0. The van der Waals surface area contributed by atoms with E-state index in [2.05, 4.69) is 10.3 Å². The Hall–Kier alpha value is -2.60. The zero-order chi connectivity index (χ0) is 22.4. The van der Waals surface area contributed by atoms with Gasteiger partial charge in [0.25, 0.3) is 5.91 Å². The van der Waals surface area contributed by atoms with Crippen molar-refractivity contribution in [2.45, 2.75) is 24.9 Å². The minimum Gasteiger partial charge on any atom is -0.489 e. The van der Waals surface area contributed by atoms with E-state index < -0.39 is 0 Å². The molecule has 5 nitrogen and oxygen atoms in total. The second-order valence-electron chi connectivity index (χ2n) is 7.88. The molecule has 0 unspecified atom stereocenters. The Balaban J connectivity index is 1.45. The molecular formula is C25H24Cl2N2O3. The first kappa shape index (κ1) is 22.6. The van der Waals surface area contributed by atoms with Gasteiger partial charge in [-0.2, -0.15) is 0 Å². The first-order valence-electron chi connectivity index (χ1n) is 10.5. The molecule has 166 valence electrons. The van der Waals surface area contributed by atoms with Crippen molar-refractivity contribution in [2.24, 2.45) is 0 Å². The number of pyridine rings is 1. The number of hydrogen-bond acceptors (Lipinski definition) is 4. The first-order valence-corrected chi connectivity index (χ1v) is 11.2.